The van der Waals surface area contributed by atoms with E-state index < -0.39 is 5.60 Å². The molecule has 15 heavy (non-hydrogen) atoms. The highest BCUT2D eigenvalue weighted by Gasteiger charge is 2.28. The van der Waals surface area contributed by atoms with Crippen molar-refractivity contribution in [3.05, 3.63) is 29.8 Å². The van der Waals surface area contributed by atoms with Gasteiger partial charge < -0.3 is 10.4 Å². The van der Waals surface area contributed by atoms with E-state index in [4.69, 9.17) is 0 Å². The molecule has 82 valence electrons. The molecule has 1 aliphatic rings. The van der Waals surface area contributed by atoms with Gasteiger partial charge in [0.1, 0.15) is 0 Å². The van der Waals surface area contributed by atoms with Gasteiger partial charge in [0.25, 0.3) is 0 Å². The largest absolute Gasteiger partial charge is 0.389 e. The number of hydrogen-bond acceptors (Lipinski definition) is 3. The second-order valence-electron chi connectivity index (χ2n) is 4.32. The maximum Gasteiger partial charge on any atom is 0.0712 e. The number of hydrogen-bond donors (Lipinski definition) is 3. The van der Waals surface area contributed by atoms with E-state index >= 15 is 0 Å². The van der Waals surface area contributed by atoms with Gasteiger partial charge in [-0.3, -0.25) is 0 Å². The van der Waals surface area contributed by atoms with Gasteiger partial charge in [0, 0.05) is 11.3 Å². The van der Waals surface area contributed by atoms with Crippen LogP contribution in [0.15, 0.2) is 29.2 Å². The van der Waals surface area contributed by atoms with Gasteiger partial charge in [-0.25, -0.2) is 0 Å². The van der Waals surface area contributed by atoms with Gasteiger partial charge in [0.15, 0.2) is 0 Å². The highest BCUT2D eigenvalue weighted by Crippen LogP contribution is 2.23. The number of piperidine rings is 1. The molecule has 0 radical (unpaired) electrons. The highest BCUT2D eigenvalue weighted by molar-refractivity contribution is 7.80. The van der Waals surface area contributed by atoms with Crippen molar-refractivity contribution < 1.29 is 5.11 Å². The normalized spacial score (nSPS) is 20.1. The van der Waals surface area contributed by atoms with Crippen LogP contribution in [0.1, 0.15) is 18.4 Å². The summed E-state index contributed by atoms with van der Waals surface area (Å²) in [5.74, 6) is 0. The first-order valence-corrected chi connectivity index (χ1v) is 5.84. The van der Waals surface area contributed by atoms with E-state index in [-0.39, 0.29) is 0 Å². The topological polar surface area (TPSA) is 32.3 Å². The number of benzene rings is 1. The van der Waals surface area contributed by atoms with Crippen LogP contribution in [0.3, 0.4) is 0 Å². The quantitative estimate of drug-likeness (QED) is 0.666. The molecule has 0 bridgehead atoms. The summed E-state index contributed by atoms with van der Waals surface area (Å²) in [6.07, 6.45) is 2.44. The Morgan fingerprint density at radius 1 is 1.20 bits per heavy atom. The first-order chi connectivity index (χ1) is 7.18. The Balaban J connectivity index is 2.03. The van der Waals surface area contributed by atoms with Crippen molar-refractivity contribution in [3.8, 4) is 0 Å². The van der Waals surface area contributed by atoms with Crippen LogP contribution in [0.2, 0.25) is 0 Å². The third-order valence-electron chi connectivity index (χ3n) is 3.00. The first kappa shape index (κ1) is 11.0. The minimum Gasteiger partial charge on any atom is -0.389 e. The Kier molecular flexibility index (Phi) is 3.34. The average Bonchev–Trinajstić information content (AvgIpc) is 2.22. The summed E-state index contributed by atoms with van der Waals surface area (Å²) < 4.78 is 0. The van der Waals surface area contributed by atoms with E-state index in [9.17, 15) is 5.11 Å². The van der Waals surface area contributed by atoms with Gasteiger partial charge in [-0.15, -0.1) is 12.6 Å². The van der Waals surface area contributed by atoms with E-state index in [2.05, 4.69) is 17.9 Å². The van der Waals surface area contributed by atoms with Crippen molar-refractivity contribution in [3.63, 3.8) is 0 Å². The molecule has 0 saturated carbocycles. The summed E-state index contributed by atoms with van der Waals surface area (Å²) in [5.41, 5.74) is 0.681. The SMILES string of the molecule is OC1(Cc2ccc(S)cc2)CCNCC1. The molecule has 0 aliphatic carbocycles. The van der Waals surface area contributed by atoms with Crippen LogP contribution in [-0.2, 0) is 6.42 Å². The Labute approximate surface area is 96.1 Å². The molecule has 1 saturated heterocycles. The van der Waals surface area contributed by atoms with Crippen LogP contribution in [0.4, 0.5) is 0 Å². The summed E-state index contributed by atoms with van der Waals surface area (Å²) >= 11 is 4.25. The van der Waals surface area contributed by atoms with Gasteiger partial charge in [0.05, 0.1) is 5.60 Å². The lowest BCUT2D eigenvalue weighted by molar-refractivity contribution is 0.0109. The predicted octanol–water partition coefficient (Wildman–Crippen LogP) is 1.63. The molecule has 1 aromatic rings. The molecule has 1 aromatic carbocycles. The van der Waals surface area contributed by atoms with Gasteiger partial charge >= 0.3 is 0 Å². The van der Waals surface area contributed by atoms with Crippen molar-refractivity contribution in [2.75, 3.05) is 13.1 Å². The van der Waals surface area contributed by atoms with E-state index in [1.807, 2.05) is 24.3 Å². The zero-order valence-corrected chi connectivity index (χ0v) is 9.63. The fourth-order valence-electron chi connectivity index (χ4n) is 2.06. The lowest BCUT2D eigenvalue weighted by Gasteiger charge is -2.32. The molecule has 1 aliphatic heterocycles. The minimum absolute atomic E-state index is 0.511. The predicted molar refractivity (Wildman–Crippen MR) is 64.5 cm³/mol. The molecular weight excluding hydrogens is 206 g/mol. The van der Waals surface area contributed by atoms with Crippen molar-refractivity contribution in [1.29, 1.82) is 0 Å². The zero-order valence-electron chi connectivity index (χ0n) is 8.74. The molecule has 0 atom stereocenters. The van der Waals surface area contributed by atoms with Crippen molar-refractivity contribution >= 4 is 12.6 Å². The molecule has 1 fully saturated rings. The molecule has 0 amide bonds. The summed E-state index contributed by atoms with van der Waals surface area (Å²) in [7, 11) is 0. The summed E-state index contributed by atoms with van der Waals surface area (Å²) in [5, 5.41) is 13.6. The molecule has 3 heteroatoms. The molecule has 2 N–H and O–H groups in total. The molecule has 0 spiro atoms. The third kappa shape index (κ3) is 2.97. The maximum absolute atomic E-state index is 10.3. The highest BCUT2D eigenvalue weighted by atomic mass is 32.1. The van der Waals surface area contributed by atoms with Crippen LogP contribution in [0.5, 0.6) is 0 Å². The van der Waals surface area contributed by atoms with Gasteiger partial charge in [-0.2, -0.15) is 0 Å². The fraction of sp³-hybridized carbons (Fsp3) is 0.500. The molecule has 2 rings (SSSR count). The third-order valence-corrected chi connectivity index (χ3v) is 3.30. The monoisotopic (exact) mass is 223 g/mol. The second kappa shape index (κ2) is 4.56. The number of aliphatic hydroxyl groups is 1. The van der Waals surface area contributed by atoms with Crippen LogP contribution in [-0.4, -0.2) is 23.8 Å². The Morgan fingerprint density at radius 2 is 1.80 bits per heavy atom. The minimum atomic E-state index is -0.511. The lowest BCUT2D eigenvalue weighted by Crippen LogP contribution is -2.43. The number of thiol groups is 1. The molecule has 2 nitrogen and oxygen atoms in total. The van der Waals surface area contributed by atoms with Gasteiger partial charge in [0.2, 0.25) is 0 Å². The lowest BCUT2D eigenvalue weighted by atomic mass is 9.86. The standard InChI is InChI=1S/C12H17NOS/c14-12(5-7-13-8-6-12)9-10-1-3-11(15)4-2-10/h1-4,13-15H,5-9H2. The summed E-state index contributed by atoms with van der Waals surface area (Å²) in [6, 6.07) is 8.04. The van der Waals surface area contributed by atoms with Gasteiger partial charge in [-0.1, -0.05) is 12.1 Å². The average molecular weight is 223 g/mol. The Bertz CT molecular complexity index is 317. The van der Waals surface area contributed by atoms with Crippen molar-refractivity contribution in [2.24, 2.45) is 0 Å². The Morgan fingerprint density at radius 3 is 2.40 bits per heavy atom. The van der Waals surface area contributed by atoms with Crippen molar-refractivity contribution in [1.82, 2.24) is 5.32 Å². The van der Waals surface area contributed by atoms with E-state index in [0.717, 1.165) is 37.2 Å². The van der Waals surface area contributed by atoms with E-state index in [1.165, 1.54) is 5.56 Å². The molecular formula is C12H17NOS. The van der Waals surface area contributed by atoms with Crippen LogP contribution < -0.4 is 5.32 Å². The fourth-order valence-corrected chi connectivity index (χ4v) is 2.21. The van der Waals surface area contributed by atoms with Crippen LogP contribution in [0, 0.1) is 0 Å². The summed E-state index contributed by atoms with van der Waals surface area (Å²) in [4.78, 5) is 0.969. The van der Waals surface area contributed by atoms with Gasteiger partial charge in [-0.05, 0) is 43.6 Å². The molecule has 0 unspecified atom stereocenters. The molecule has 1 heterocycles. The number of rotatable bonds is 2. The second-order valence-corrected chi connectivity index (χ2v) is 4.83. The molecule has 0 aromatic heterocycles. The van der Waals surface area contributed by atoms with Crippen molar-refractivity contribution in [2.45, 2.75) is 29.8 Å². The summed E-state index contributed by atoms with van der Waals surface area (Å²) in [6.45, 7) is 1.84. The van der Waals surface area contributed by atoms with E-state index in [0.29, 0.717) is 0 Å². The Hall–Kier alpha value is -0.510. The first-order valence-electron chi connectivity index (χ1n) is 5.39. The maximum atomic E-state index is 10.3. The zero-order chi connectivity index (χ0) is 10.7. The smallest absolute Gasteiger partial charge is 0.0712 e. The van der Waals surface area contributed by atoms with E-state index in [1.54, 1.807) is 0 Å². The van der Waals surface area contributed by atoms with Crippen LogP contribution in [0.25, 0.3) is 0 Å². The van der Waals surface area contributed by atoms with Crippen LogP contribution >= 0.6 is 12.6 Å². The number of nitrogens with one attached hydrogen (secondary N) is 1.